The molecule has 0 saturated heterocycles. The van der Waals surface area contributed by atoms with Gasteiger partial charge in [0.05, 0.1) is 29.8 Å². The molecule has 4 N–H and O–H groups in total. The zero-order valence-electron chi connectivity index (χ0n) is 19.1. The van der Waals surface area contributed by atoms with Crippen LogP contribution < -0.4 is 16.0 Å². The lowest BCUT2D eigenvalue weighted by Gasteiger charge is -2.40. The van der Waals surface area contributed by atoms with Gasteiger partial charge in [0.15, 0.2) is 0 Å². The lowest BCUT2D eigenvalue weighted by molar-refractivity contribution is -0.137. The van der Waals surface area contributed by atoms with Crippen molar-refractivity contribution in [2.24, 2.45) is 0 Å². The Morgan fingerprint density at radius 1 is 1.08 bits per heavy atom. The third-order valence-electron chi connectivity index (χ3n) is 6.32. The zero-order valence-corrected chi connectivity index (χ0v) is 19.1. The van der Waals surface area contributed by atoms with Gasteiger partial charge < -0.3 is 16.0 Å². The van der Waals surface area contributed by atoms with E-state index in [0.717, 1.165) is 12.1 Å². The van der Waals surface area contributed by atoms with Crippen molar-refractivity contribution in [3.8, 4) is 6.07 Å². The van der Waals surface area contributed by atoms with Gasteiger partial charge in [-0.3, -0.25) is 9.89 Å². The summed E-state index contributed by atoms with van der Waals surface area (Å²) in [6, 6.07) is 12.7. The summed E-state index contributed by atoms with van der Waals surface area (Å²) < 4.78 is 51.5. The molecule has 1 aliphatic rings. The molecule has 0 unspecified atom stereocenters. The number of aromatic nitrogens is 2. The highest BCUT2D eigenvalue weighted by Gasteiger charge is 2.37. The van der Waals surface area contributed by atoms with Gasteiger partial charge in [-0.1, -0.05) is 0 Å². The molecule has 0 bridgehead atoms. The molecule has 0 atom stereocenters. The fourth-order valence-electron chi connectivity index (χ4n) is 4.34. The molecule has 0 radical (unpaired) electrons. The summed E-state index contributed by atoms with van der Waals surface area (Å²) in [5, 5.41) is 25.3. The molecule has 1 amide bonds. The van der Waals surface area contributed by atoms with Crippen LogP contribution in [0.3, 0.4) is 0 Å². The van der Waals surface area contributed by atoms with Crippen LogP contribution in [0.5, 0.6) is 0 Å². The minimum Gasteiger partial charge on any atom is -0.382 e. The first-order chi connectivity index (χ1) is 17.2. The largest absolute Gasteiger partial charge is 0.416 e. The lowest BCUT2D eigenvalue weighted by Crippen LogP contribution is -2.52. The number of alkyl halides is 3. The van der Waals surface area contributed by atoms with E-state index in [4.69, 9.17) is 0 Å². The minimum atomic E-state index is -4.39. The molecule has 0 aliphatic heterocycles. The van der Waals surface area contributed by atoms with E-state index < -0.39 is 23.2 Å². The third-order valence-corrected chi connectivity index (χ3v) is 6.32. The number of hydrogen-bond acceptors (Lipinski definition) is 5. The maximum Gasteiger partial charge on any atom is 0.416 e. The van der Waals surface area contributed by atoms with Crippen LogP contribution in [0.2, 0.25) is 0 Å². The number of anilines is 3. The molecule has 36 heavy (non-hydrogen) atoms. The molecule has 1 fully saturated rings. The van der Waals surface area contributed by atoms with Gasteiger partial charge in [-0.05, 0) is 74.2 Å². The first-order valence-corrected chi connectivity index (χ1v) is 11.4. The number of benzene rings is 2. The third kappa shape index (κ3) is 5.94. The Labute approximate surface area is 204 Å². The van der Waals surface area contributed by atoms with Crippen LogP contribution >= 0.6 is 0 Å². The van der Waals surface area contributed by atoms with Gasteiger partial charge in [0.2, 0.25) is 0 Å². The topological polar surface area (TPSA) is 106 Å². The lowest BCUT2D eigenvalue weighted by atomic mass is 9.77. The maximum atomic E-state index is 13.2. The second-order valence-electron chi connectivity index (χ2n) is 8.85. The molecular weight excluding hydrogens is 476 g/mol. The van der Waals surface area contributed by atoms with Crippen molar-refractivity contribution >= 4 is 23.1 Å². The van der Waals surface area contributed by atoms with Crippen LogP contribution in [0.15, 0.2) is 54.7 Å². The number of nitrogens with one attached hydrogen (secondary N) is 4. The van der Waals surface area contributed by atoms with E-state index >= 15 is 0 Å². The predicted molar refractivity (Wildman–Crippen MR) is 126 cm³/mol. The molecule has 3 aromatic rings. The van der Waals surface area contributed by atoms with Crippen molar-refractivity contribution in [1.29, 1.82) is 5.26 Å². The highest BCUT2D eigenvalue weighted by Crippen LogP contribution is 2.34. The number of nitriles is 1. The highest BCUT2D eigenvalue weighted by atomic mass is 19.4. The zero-order chi connectivity index (χ0) is 25.8. The Kier molecular flexibility index (Phi) is 7.15. The van der Waals surface area contributed by atoms with E-state index in [-0.39, 0.29) is 23.8 Å². The Bertz CT molecular complexity index is 1220. The van der Waals surface area contributed by atoms with Crippen molar-refractivity contribution in [1.82, 2.24) is 15.5 Å². The van der Waals surface area contributed by atoms with Gasteiger partial charge in [0, 0.05) is 17.4 Å². The summed E-state index contributed by atoms with van der Waals surface area (Å²) in [5.74, 6) is -0.452. The van der Waals surface area contributed by atoms with Crippen molar-refractivity contribution in [3.63, 3.8) is 0 Å². The summed E-state index contributed by atoms with van der Waals surface area (Å²) >= 11 is 0. The molecule has 2 aromatic carbocycles. The summed E-state index contributed by atoms with van der Waals surface area (Å²) in [6.07, 6.45) is -0.623. The van der Waals surface area contributed by atoms with Gasteiger partial charge in [-0.25, -0.2) is 4.39 Å². The van der Waals surface area contributed by atoms with Crippen molar-refractivity contribution in [2.75, 3.05) is 10.6 Å². The number of H-pyrrole nitrogens is 1. The van der Waals surface area contributed by atoms with Crippen molar-refractivity contribution in [2.45, 2.75) is 49.9 Å². The van der Waals surface area contributed by atoms with Crippen LogP contribution in [-0.4, -0.2) is 27.7 Å². The second-order valence-corrected chi connectivity index (χ2v) is 8.85. The first kappa shape index (κ1) is 25.0. The number of halogens is 4. The van der Waals surface area contributed by atoms with Gasteiger partial charge in [-0.2, -0.15) is 23.5 Å². The van der Waals surface area contributed by atoms with Crippen LogP contribution in [0, 0.1) is 17.1 Å². The van der Waals surface area contributed by atoms with E-state index in [1.54, 1.807) is 0 Å². The second kappa shape index (κ2) is 10.3. The summed E-state index contributed by atoms with van der Waals surface area (Å²) in [7, 11) is 0. The number of carbonyl (C=O) groups excluding carboxylic acids is 1. The maximum absolute atomic E-state index is 13.2. The molecule has 188 valence electrons. The van der Waals surface area contributed by atoms with E-state index in [1.165, 1.54) is 42.6 Å². The molecule has 11 heteroatoms. The van der Waals surface area contributed by atoms with E-state index in [1.807, 2.05) is 0 Å². The molecule has 4 rings (SSSR count). The van der Waals surface area contributed by atoms with Crippen LogP contribution in [0.25, 0.3) is 0 Å². The SMILES string of the molecule is N#CCC1(NC(=O)c2cn[nH]c2Nc2ccc(F)cc2)CCC(Nc2ccc(C(F)(F)F)cc2)CC1. The number of nitrogens with zero attached hydrogens (tertiary/aromatic N) is 2. The van der Waals surface area contributed by atoms with E-state index in [9.17, 15) is 27.6 Å². The number of amides is 1. The first-order valence-electron chi connectivity index (χ1n) is 11.4. The van der Waals surface area contributed by atoms with Crippen molar-refractivity contribution in [3.05, 3.63) is 71.7 Å². The van der Waals surface area contributed by atoms with E-state index in [2.05, 4.69) is 32.2 Å². The summed E-state index contributed by atoms with van der Waals surface area (Å²) in [4.78, 5) is 13.1. The van der Waals surface area contributed by atoms with Crippen LogP contribution in [-0.2, 0) is 6.18 Å². The number of rotatable bonds is 7. The molecule has 1 aliphatic carbocycles. The molecular formula is C25H24F4N6O. The average Bonchev–Trinajstić information content (AvgIpc) is 3.30. The molecule has 1 heterocycles. The molecule has 7 nitrogen and oxygen atoms in total. The van der Waals surface area contributed by atoms with Gasteiger partial charge >= 0.3 is 6.18 Å². The fourth-order valence-corrected chi connectivity index (χ4v) is 4.34. The number of aromatic amines is 1. The standard InChI is InChI=1S/C25H24F4N6O/c26-17-3-7-19(8-4-17)33-22-21(15-31-35-22)23(36)34-24(13-14-30)11-9-20(10-12-24)32-18-5-1-16(2-6-18)25(27,28)29/h1-8,15,20,32H,9-13H2,(H,34,36)(H2,31,33,35). The molecule has 0 spiro atoms. The quantitative estimate of drug-likeness (QED) is 0.309. The number of carbonyl (C=O) groups is 1. The van der Waals surface area contributed by atoms with Gasteiger partial charge in [-0.15, -0.1) is 0 Å². The van der Waals surface area contributed by atoms with Crippen LogP contribution in [0.1, 0.15) is 48.0 Å². The van der Waals surface area contributed by atoms with E-state index in [0.29, 0.717) is 42.9 Å². The minimum absolute atomic E-state index is 0.00455. The predicted octanol–water partition coefficient (Wildman–Crippen LogP) is 5.75. The Balaban J connectivity index is 1.39. The summed E-state index contributed by atoms with van der Waals surface area (Å²) in [6.45, 7) is 0. The van der Waals surface area contributed by atoms with Gasteiger partial charge in [0.25, 0.3) is 5.91 Å². The highest BCUT2D eigenvalue weighted by molar-refractivity contribution is 5.99. The Hall–Kier alpha value is -4.07. The Morgan fingerprint density at radius 2 is 1.72 bits per heavy atom. The Morgan fingerprint density at radius 3 is 2.33 bits per heavy atom. The number of hydrogen-bond donors (Lipinski definition) is 4. The monoisotopic (exact) mass is 500 g/mol. The average molecular weight is 501 g/mol. The molecule has 1 saturated carbocycles. The normalized spacial score (nSPS) is 19.8. The van der Waals surface area contributed by atoms with Crippen molar-refractivity contribution < 1.29 is 22.4 Å². The fraction of sp³-hybridized carbons (Fsp3) is 0.320. The summed E-state index contributed by atoms with van der Waals surface area (Å²) in [5.41, 5.74) is -0.0492. The van der Waals surface area contributed by atoms with Crippen LogP contribution in [0.4, 0.5) is 34.8 Å². The smallest absolute Gasteiger partial charge is 0.382 e. The molecule has 1 aromatic heterocycles. The van der Waals surface area contributed by atoms with Gasteiger partial charge in [0.1, 0.15) is 17.2 Å².